The quantitative estimate of drug-likeness (QED) is 0.573. The van der Waals surface area contributed by atoms with E-state index in [-0.39, 0.29) is 12.1 Å². The number of carboxylic acids is 1. The molecule has 1 atom stereocenters. The summed E-state index contributed by atoms with van der Waals surface area (Å²) >= 11 is 0. The molecule has 1 aliphatic rings. The Labute approximate surface area is 119 Å². The molecule has 0 saturated heterocycles. The summed E-state index contributed by atoms with van der Waals surface area (Å²) in [5, 5.41) is 20.8. The van der Waals surface area contributed by atoms with Gasteiger partial charge in [0.15, 0.2) is 0 Å². The maximum Gasteiger partial charge on any atom is 0.320 e. The van der Waals surface area contributed by atoms with Crippen LogP contribution in [0, 0.1) is 10.1 Å². The minimum Gasteiger partial charge on any atom is -0.480 e. The van der Waals surface area contributed by atoms with Gasteiger partial charge in [0.2, 0.25) is 0 Å². The van der Waals surface area contributed by atoms with Gasteiger partial charge in [0.05, 0.1) is 4.92 Å². The highest BCUT2D eigenvalue weighted by molar-refractivity contribution is 5.94. The van der Waals surface area contributed by atoms with E-state index < -0.39 is 16.9 Å². The number of nitrogens with zero attached hydrogens (tertiary/aromatic N) is 1. The summed E-state index contributed by atoms with van der Waals surface area (Å²) in [7, 11) is 0. The van der Waals surface area contributed by atoms with Crippen molar-refractivity contribution in [2.24, 2.45) is 5.73 Å². The fourth-order valence-electron chi connectivity index (χ4n) is 2.70. The lowest BCUT2D eigenvalue weighted by Gasteiger charge is -2.08. The first kappa shape index (κ1) is 13.6. The summed E-state index contributed by atoms with van der Waals surface area (Å²) in [4.78, 5) is 24.5. The van der Waals surface area contributed by atoms with Gasteiger partial charge >= 0.3 is 5.97 Å². The molecule has 0 bridgehead atoms. The zero-order valence-electron chi connectivity index (χ0n) is 11.2. The first-order valence-electron chi connectivity index (χ1n) is 6.74. The molecule has 1 saturated carbocycles. The number of H-pyrrole nitrogens is 1. The van der Waals surface area contributed by atoms with Crippen molar-refractivity contribution in [2.45, 2.75) is 31.2 Å². The van der Waals surface area contributed by atoms with Crippen LogP contribution in [0.25, 0.3) is 10.9 Å². The monoisotopic (exact) mass is 289 g/mol. The predicted molar refractivity (Wildman–Crippen MR) is 76.2 cm³/mol. The molecule has 7 nitrogen and oxygen atoms in total. The molecule has 3 rings (SSSR count). The van der Waals surface area contributed by atoms with Gasteiger partial charge in [-0.1, -0.05) is 6.07 Å². The summed E-state index contributed by atoms with van der Waals surface area (Å²) in [6.07, 6.45) is 3.90. The highest BCUT2D eigenvalue weighted by Crippen LogP contribution is 2.45. The van der Waals surface area contributed by atoms with Crippen LogP contribution < -0.4 is 5.73 Å². The van der Waals surface area contributed by atoms with Gasteiger partial charge in [-0.3, -0.25) is 14.9 Å². The van der Waals surface area contributed by atoms with Gasteiger partial charge in [0, 0.05) is 24.1 Å². The number of rotatable bonds is 5. The van der Waals surface area contributed by atoms with Gasteiger partial charge in [-0.25, -0.2) is 0 Å². The van der Waals surface area contributed by atoms with Crippen LogP contribution in [0.5, 0.6) is 0 Å². The van der Waals surface area contributed by atoms with E-state index >= 15 is 0 Å². The van der Waals surface area contributed by atoms with Gasteiger partial charge in [-0.15, -0.1) is 0 Å². The number of benzene rings is 1. The lowest BCUT2D eigenvalue weighted by atomic mass is 9.98. The second-order valence-electron chi connectivity index (χ2n) is 5.42. The molecule has 0 amide bonds. The lowest BCUT2D eigenvalue weighted by Crippen LogP contribution is -2.32. The number of hydrogen-bond acceptors (Lipinski definition) is 4. The molecule has 1 aliphatic carbocycles. The molecule has 110 valence electrons. The molecular formula is C14H15N3O4. The zero-order valence-corrected chi connectivity index (χ0v) is 11.2. The Morgan fingerprint density at radius 2 is 2.24 bits per heavy atom. The number of fused-ring (bicyclic) bond motifs is 1. The fourth-order valence-corrected chi connectivity index (χ4v) is 2.70. The molecule has 0 aliphatic heterocycles. The average molecular weight is 289 g/mol. The number of non-ortho nitro benzene ring substituents is 1. The van der Waals surface area contributed by atoms with Crippen molar-refractivity contribution < 1.29 is 14.8 Å². The summed E-state index contributed by atoms with van der Waals surface area (Å²) < 4.78 is 0. The topological polar surface area (TPSA) is 122 Å². The van der Waals surface area contributed by atoms with E-state index in [1.165, 1.54) is 6.07 Å². The van der Waals surface area contributed by atoms with Crippen molar-refractivity contribution in [2.75, 3.05) is 0 Å². The first-order chi connectivity index (χ1) is 9.99. The normalized spacial score (nSPS) is 16.0. The second-order valence-corrected chi connectivity index (χ2v) is 5.42. The number of aromatic amines is 1. The summed E-state index contributed by atoms with van der Waals surface area (Å²) in [6.45, 7) is 0. The lowest BCUT2D eigenvalue weighted by molar-refractivity contribution is -0.383. The van der Waals surface area contributed by atoms with Crippen molar-refractivity contribution in [3.63, 3.8) is 0 Å². The number of carbonyl (C=O) groups is 1. The highest BCUT2D eigenvalue weighted by Gasteiger charge is 2.30. The zero-order chi connectivity index (χ0) is 15.1. The standard InChI is InChI=1S/C14H15N3O4/c15-10(14(18)19)5-8-6-16-13-11(17(20)21)4-3-9(12(8)13)7-1-2-7/h3-4,6-7,10,16H,1-2,5,15H2,(H,18,19). The molecule has 1 heterocycles. The summed E-state index contributed by atoms with van der Waals surface area (Å²) in [5.74, 6) is -0.674. The molecule has 21 heavy (non-hydrogen) atoms. The van der Waals surface area contributed by atoms with Gasteiger partial charge in [-0.2, -0.15) is 0 Å². The van der Waals surface area contributed by atoms with Crippen LogP contribution in [0.3, 0.4) is 0 Å². The van der Waals surface area contributed by atoms with Crippen molar-refractivity contribution in [1.29, 1.82) is 0 Å². The maximum absolute atomic E-state index is 11.1. The number of nitrogens with one attached hydrogen (secondary N) is 1. The van der Waals surface area contributed by atoms with Crippen molar-refractivity contribution in [3.8, 4) is 0 Å². The SMILES string of the molecule is NC(Cc1c[nH]c2c([N+](=O)[O-])ccc(C3CC3)c12)C(=O)O. The Bertz CT molecular complexity index is 733. The van der Waals surface area contributed by atoms with E-state index in [0.717, 1.165) is 29.4 Å². The van der Waals surface area contributed by atoms with E-state index in [2.05, 4.69) is 4.98 Å². The fraction of sp³-hybridized carbons (Fsp3) is 0.357. The number of aliphatic carboxylic acids is 1. The van der Waals surface area contributed by atoms with Crippen LogP contribution in [0.1, 0.15) is 29.9 Å². The van der Waals surface area contributed by atoms with Crippen LogP contribution >= 0.6 is 0 Å². The average Bonchev–Trinajstić information content (AvgIpc) is 3.19. The summed E-state index contributed by atoms with van der Waals surface area (Å²) in [6, 6.07) is 2.27. The molecule has 1 aromatic carbocycles. The number of aromatic nitrogens is 1. The predicted octanol–water partition coefficient (Wildman–Crippen LogP) is 1.91. The van der Waals surface area contributed by atoms with Crippen LogP contribution in [0.2, 0.25) is 0 Å². The van der Waals surface area contributed by atoms with Crippen LogP contribution in [-0.4, -0.2) is 27.0 Å². The number of nitro benzene ring substituents is 1. The molecule has 0 radical (unpaired) electrons. The third kappa shape index (κ3) is 2.36. The van der Waals surface area contributed by atoms with E-state index in [1.54, 1.807) is 12.3 Å². The van der Waals surface area contributed by atoms with E-state index in [9.17, 15) is 14.9 Å². The van der Waals surface area contributed by atoms with Crippen molar-refractivity contribution >= 4 is 22.6 Å². The van der Waals surface area contributed by atoms with E-state index in [1.807, 2.05) is 0 Å². The Hall–Kier alpha value is -2.41. The van der Waals surface area contributed by atoms with Gasteiger partial charge < -0.3 is 15.8 Å². The van der Waals surface area contributed by atoms with Crippen molar-refractivity contribution in [1.82, 2.24) is 4.98 Å². The minimum absolute atomic E-state index is 0.00421. The number of nitro groups is 1. The Morgan fingerprint density at radius 1 is 1.52 bits per heavy atom. The molecule has 1 unspecified atom stereocenters. The number of carboxylic acid groups (broad SMARTS) is 1. The van der Waals surface area contributed by atoms with Crippen LogP contribution in [0.15, 0.2) is 18.3 Å². The largest absolute Gasteiger partial charge is 0.480 e. The Balaban J connectivity index is 2.14. The van der Waals surface area contributed by atoms with E-state index in [0.29, 0.717) is 11.4 Å². The molecule has 1 fully saturated rings. The molecule has 4 N–H and O–H groups in total. The molecular weight excluding hydrogens is 274 g/mol. The minimum atomic E-state index is -1.08. The highest BCUT2D eigenvalue weighted by atomic mass is 16.6. The smallest absolute Gasteiger partial charge is 0.320 e. The first-order valence-corrected chi connectivity index (χ1v) is 6.74. The Morgan fingerprint density at radius 3 is 2.81 bits per heavy atom. The number of nitrogens with two attached hydrogens (primary N) is 1. The van der Waals surface area contributed by atoms with Gasteiger partial charge in [-0.05, 0) is 29.9 Å². The maximum atomic E-state index is 11.1. The number of hydrogen-bond donors (Lipinski definition) is 3. The molecule has 0 spiro atoms. The van der Waals surface area contributed by atoms with Gasteiger partial charge in [0.1, 0.15) is 11.6 Å². The molecule has 7 heteroatoms. The van der Waals surface area contributed by atoms with Crippen LogP contribution in [0.4, 0.5) is 5.69 Å². The molecule has 2 aromatic rings. The third-order valence-corrected chi connectivity index (χ3v) is 3.90. The Kier molecular flexibility index (Phi) is 3.13. The second kappa shape index (κ2) is 4.85. The molecule has 1 aromatic heterocycles. The van der Waals surface area contributed by atoms with Crippen LogP contribution in [-0.2, 0) is 11.2 Å². The third-order valence-electron chi connectivity index (χ3n) is 3.90. The summed E-state index contributed by atoms with van der Waals surface area (Å²) in [5.41, 5.74) is 7.82. The van der Waals surface area contributed by atoms with Gasteiger partial charge in [0.25, 0.3) is 5.69 Å². The van der Waals surface area contributed by atoms with E-state index in [4.69, 9.17) is 10.8 Å². The van der Waals surface area contributed by atoms with Crippen molar-refractivity contribution in [3.05, 3.63) is 39.6 Å².